The Morgan fingerprint density at radius 3 is 2.49 bits per heavy atom. The first-order valence-electron chi connectivity index (χ1n) is 12.4. The number of carboxylic acid groups (broad SMARTS) is 1. The summed E-state index contributed by atoms with van der Waals surface area (Å²) < 4.78 is 38.1. The number of amides is 2. The molecular formula is C27H36F2N2O5S. The molecule has 37 heavy (non-hydrogen) atoms. The third-order valence-electron chi connectivity index (χ3n) is 5.42. The number of aliphatic carboxylic acids is 1. The number of hydrogen-bond donors (Lipinski definition) is 2. The van der Waals surface area contributed by atoms with Gasteiger partial charge in [0.1, 0.15) is 24.0 Å². The first-order chi connectivity index (χ1) is 17.8. The smallest absolute Gasteiger partial charge is 0.333 e. The summed E-state index contributed by atoms with van der Waals surface area (Å²) in [7, 11) is 0. The van der Waals surface area contributed by atoms with Crippen molar-refractivity contribution in [3.63, 3.8) is 0 Å². The Hall–Kier alpha value is -2.85. The molecule has 2 rings (SSSR count). The third-order valence-corrected chi connectivity index (χ3v) is 6.69. The number of thioether (sulfide) groups is 1. The van der Waals surface area contributed by atoms with Crippen LogP contribution in [-0.4, -0.2) is 65.9 Å². The first kappa shape index (κ1) is 30.4. The number of hydrogen-bond acceptors (Lipinski definition) is 5. The van der Waals surface area contributed by atoms with E-state index in [1.165, 1.54) is 6.07 Å². The van der Waals surface area contributed by atoms with Crippen LogP contribution in [0.15, 0.2) is 42.5 Å². The zero-order valence-corrected chi connectivity index (χ0v) is 22.2. The Balaban J connectivity index is 1.89. The second kappa shape index (κ2) is 16.8. The number of nitrogens with zero attached hydrogens (tertiary/aromatic N) is 1. The fourth-order valence-corrected chi connectivity index (χ4v) is 4.32. The van der Waals surface area contributed by atoms with Crippen LogP contribution in [0.5, 0.6) is 5.75 Å². The molecule has 0 aliphatic rings. The molecule has 0 fully saturated rings. The SMILES string of the molecule is CCCSCCCN(CCOc1ccc(CC(OCC)C(=O)O)cc1)C(=O)NCc1ccc(F)cc1F. The van der Waals surface area contributed by atoms with Gasteiger partial charge in [0.25, 0.3) is 0 Å². The number of rotatable bonds is 17. The fourth-order valence-electron chi connectivity index (χ4n) is 3.49. The molecule has 0 aliphatic heterocycles. The van der Waals surface area contributed by atoms with Gasteiger partial charge in [0, 0.05) is 37.7 Å². The van der Waals surface area contributed by atoms with E-state index in [0.29, 0.717) is 25.4 Å². The summed E-state index contributed by atoms with van der Waals surface area (Å²) in [5, 5.41) is 12.0. The van der Waals surface area contributed by atoms with Crippen LogP contribution >= 0.6 is 11.8 Å². The van der Waals surface area contributed by atoms with Gasteiger partial charge in [-0.2, -0.15) is 11.8 Å². The molecule has 1 atom stereocenters. The maximum absolute atomic E-state index is 13.9. The molecule has 0 heterocycles. The highest BCUT2D eigenvalue weighted by molar-refractivity contribution is 7.99. The normalized spacial score (nSPS) is 11.7. The zero-order valence-electron chi connectivity index (χ0n) is 21.4. The summed E-state index contributed by atoms with van der Waals surface area (Å²) in [6.45, 7) is 5.23. The molecule has 2 amide bonds. The number of carboxylic acids is 1. The summed E-state index contributed by atoms with van der Waals surface area (Å²) >= 11 is 1.83. The van der Waals surface area contributed by atoms with Crippen LogP contribution in [0.25, 0.3) is 0 Å². The predicted octanol–water partition coefficient (Wildman–Crippen LogP) is 5.12. The first-order valence-corrected chi connectivity index (χ1v) is 13.6. The van der Waals surface area contributed by atoms with E-state index in [1.807, 2.05) is 11.8 Å². The van der Waals surface area contributed by atoms with Crippen molar-refractivity contribution in [2.75, 3.05) is 37.8 Å². The number of benzene rings is 2. The van der Waals surface area contributed by atoms with Gasteiger partial charge in [0.05, 0.1) is 6.54 Å². The van der Waals surface area contributed by atoms with Crippen molar-refractivity contribution in [2.45, 2.75) is 45.8 Å². The van der Waals surface area contributed by atoms with Crippen LogP contribution in [0.3, 0.4) is 0 Å². The van der Waals surface area contributed by atoms with E-state index in [-0.39, 0.29) is 31.2 Å². The summed E-state index contributed by atoms with van der Waals surface area (Å²) in [5.74, 6) is 0.207. The van der Waals surface area contributed by atoms with Gasteiger partial charge in [-0.3, -0.25) is 0 Å². The zero-order chi connectivity index (χ0) is 27.0. The molecule has 0 saturated heterocycles. The van der Waals surface area contributed by atoms with Crippen LogP contribution in [-0.2, 0) is 22.5 Å². The van der Waals surface area contributed by atoms with Crippen molar-refractivity contribution < 1.29 is 33.0 Å². The number of halogens is 2. The van der Waals surface area contributed by atoms with E-state index in [1.54, 1.807) is 36.1 Å². The largest absolute Gasteiger partial charge is 0.492 e. The number of carbonyl (C=O) groups is 2. The molecule has 2 aromatic carbocycles. The van der Waals surface area contributed by atoms with Gasteiger partial charge in [-0.15, -0.1) is 0 Å². The van der Waals surface area contributed by atoms with Crippen molar-refractivity contribution in [1.29, 1.82) is 0 Å². The van der Waals surface area contributed by atoms with Crippen molar-refractivity contribution >= 4 is 23.8 Å². The summed E-state index contributed by atoms with van der Waals surface area (Å²) in [6.07, 6.45) is 1.25. The average molecular weight is 539 g/mol. The van der Waals surface area contributed by atoms with Gasteiger partial charge < -0.3 is 24.8 Å². The van der Waals surface area contributed by atoms with Crippen molar-refractivity contribution in [2.24, 2.45) is 0 Å². The Kier molecular flexibility index (Phi) is 13.8. The quantitative estimate of drug-likeness (QED) is 0.272. The number of nitrogens with one attached hydrogen (secondary N) is 1. The monoisotopic (exact) mass is 538 g/mol. The molecule has 2 N–H and O–H groups in total. The maximum atomic E-state index is 13.9. The lowest BCUT2D eigenvalue weighted by Crippen LogP contribution is -2.42. The van der Waals surface area contributed by atoms with Gasteiger partial charge in [-0.05, 0) is 55.0 Å². The standard InChI is InChI=1S/C27H36F2N2O5S/c1-3-15-37-16-5-12-31(27(34)30-19-21-8-9-22(28)18-24(21)29)13-14-36-23-10-6-20(7-11-23)17-25(26(32)33)35-4-2/h6-11,18,25H,3-5,12-17,19H2,1-2H3,(H,30,34)(H,32,33). The lowest BCUT2D eigenvalue weighted by atomic mass is 10.1. The van der Waals surface area contributed by atoms with E-state index in [9.17, 15) is 23.5 Å². The minimum Gasteiger partial charge on any atom is -0.492 e. The van der Waals surface area contributed by atoms with Crippen molar-refractivity contribution in [1.82, 2.24) is 10.2 Å². The molecule has 1 unspecified atom stereocenters. The van der Waals surface area contributed by atoms with Gasteiger partial charge in [-0.25, -0.2) is 18.4 Å². The van der Waals surface area contributed by atoms with Gasteiger partial charge >= 0.3 is 12.0 Å². The van der Waals surface area contributed by atoms with Crippen molar-refractivity contribution in [3.05, 3.63) is 65.2 Å². The van der Waals surface area contributed by atoms with Crippen LogP contribution in [0, 0.1) is 11.6 Å². The van der Waals surface area contributed by atoms with E-state index < -0.39 is 23.7 Å². The van der Waals surface area contributed by atoms with Crippen LogP contribution in [0.1, 0.15) is 37.8 Å². The lowest BCUT2D eigenvalue weighted by Gasteiger charge is -2.23. The molecule has 2 aromatic rings. The highest BCUT2D eigenvalue weighted by Gasteiger charge is 2.18. The summed E-state index contributed by atoms with van der Waals surface area (Å²) in [4.78, 5) is 25.7. The van der Waals surface area contributed by atoms with Crippen molar-refractivity contribution in [3.8, 4) is 5.75 Å². The maximum Gasteiger partial charge on any atom is 0.333 e. The third kappa shape index (κ3) is 11.4. The minimum atomic E-state index is -1.00. The Morgan fingerprint density at radius 2 is 1.84 bits per heavy atom. The summed E-state index contributed by atoms with van der Waals surface area (Å²) in [6, 6.07) is 10.0. The minimum absolute atomic E-state index is 0.0482. The topological polar surface area (TPSA) is 88.1 Å². The molecule has 0 aromatic heterocycles. The van der Waals surface area contributed by atoms with Crippen LogP contribution in [0.4, 0.5) is 13.6 Å². The Bertz CT molecular complexity index is 978. The molecule has 0 saturated carbocycles. The van der Waals surface area contributed by atoms with Gasteiger partial charge in [-0.1, -0.05) is 25.1 Å². The Morgan fingerprint density at radius 1 is 1.08 bits per heavy atom. The molecular weight excluding hydrogens is 502 g/mol. The average Bonchev–Trinajstić information content (AvgIpc) is 2.87. The number of carbonyl (C=O) groups excluding carboxylic acids is 1. The second-order valence-corrected chi connectivity index (χ2v) is 9.55. The predicted molar refractivity (Wildman–Crippen MR) is 141 cm³/mol. The highest BCUT2D eigenvalue weighted by atomic mass is 32.2. The van der Waals surface area contributed by atoms with E-state index >= 15 is 0 Å². The fraction of sp³-hybridized carbons (Fsp3) is 0.481. The second-order valence-electron chi connectivity index (χ2n) is 8.33. The number of ether oxygens (including phenoxy) is 2. The Labute approximate surface area is 221 Å². The van der Waals surface area contributed by atoms with Gasteiger partial charge in [0.15, 0.2) is 6.10 Å². The molecule has 0 spiro atoms. The molecule has 0 aliphatic carbocycles. The van der Waals surface area contributed by atoms with Crippen LogP contribution < -0.4 is 10.1 Å². The van der Waals surface area contributed by atoms with E-state index in [0.717, 1.165) is 42.0 Å². The number of urea groups is 1. The molecule has 7 nitrogen and oxygen atoms in total. The highest BCUT2D eigenvalue weighted by Crippen LogP contribution is 2.15. The van der Waals surface area contributed by atoms with E-state index in [2.05, 4.69) is 12.2 Å². The molecule has 204 valence electrons. The molecule has 0 radical (unpaired) electrons. The van der Waals surface area contributed by atoms with Gasteiger partial charge in [0.2, 0.25) is 0 Å². The molecule has 0 bridgehead atoms. The van der Waals surface area contributed by atoms with Crippen LogP contribution in [0.2, 0.25) is 0 Å². The molecule has 10 heteroatoms. The van der Waals surface area contributed by atoms with E-state index in [4.69, 9.17) is 9.47 Å². The summed E-state index contributed by atoms with van der Waals surface area (Å²) in [5.41, 5.74) is 1.02. The lowest BCUT2D eigenvalue weighted by molar-refractivity contribution is -0.149.